The van der Waals surface area contributed by atoms with Gasteiger partial charge >= 0.3 is 0 Å². The summed E-state index contributed by atoms with van der Waals surface area (Å²) in [5.74, 6) is 0. The molecule has 1 aromatic carbocycles. The zero-order chi connectivity index (χ0) is 25.0. The van der Waals surface area contributed by atoms with Crippen molar-refractivity contribution in [3.8, 4) is 0 Å². The van der Waals surface area contributed by atoms with Gasteiger partial charge in [0.1, 0.15) is 10.1 Å². The number of hydrogen-bond acceptors (Lipinski definition) is 3. The number of quaternary nitrogens is 1. The van der Waals surface area contributed by atoms with Crippen LogP contribution in [0.4, 0.5) is 0 Å². The zero-order valence-corrected chi connectivity index (χ0v) is 23.4. The molecule has 1 aromatic rings. The van der Waals surface area contributed by atoms with Gasteiger partial charge in [0, 0.05) is 5.02 Å². The standard InChI is InChI=1S/C21H46N.C6H5ClO3S/c1-5-6-7-8-9-10-11-12-13-14-15-16-17-18-19-20-21-22(2,3)4;7-5-1-3-6(4-2-5)11(8,9)10/h5-21H2,1-4H3;1-4H,(H,8,9,10)/q+1;/p-1. The van der Waals surface area contributed by atoms with E-state index in [0.717, 1.165) is 4.48 Å². The Kier molecular flexibility index (Phi) is 19.3. The van der Waals surface area contributed by atoms with Gasteiger partial charge in [-0.2, -0.15) is 0 Å². The van der Waals surface area contributed by atoms with E-state index in [0.29, 0.717) is 5.02 Å². The van der Waals surface area contributed by atoms with E-state index in [4.69, 9.17) is 11.6 Å². The maximum atomic E-state index is 10.3. The molecule has 0 saturated carbocycles. The molecular weight excluding hydrogens is 454 g/mol. The topological polar surface area (TPSA) is 57.2 Å². The molecule has 0 amide bonds. The average molecular weight is 504 g/mol. The van der Waals surface area contributed by atoms with Crippen molar-refractivity contribution in [3.63, 3.8) is 0 Å². The highest BCUT2D eigenvalue weighted by molar-refractivity contribution is 7.85. The van der Waals surface area contributed by atoms with Crippen LogP contribution in [0.15, 0.2) is 29.2 Å². The molecule has 0 saturated heterocycles. The second-order valence-electron chi connectivity index (χ2n) is 10.2. The van der Waals surface area contributed by atoms with Crippen LogP contribution in [0.5, 0.6) is 0 Å². The fourth-order valence-corrected chi connectivity index (χ4v) is 4.33. The molecule has 0 unspecified atom stereocenters. The molecule has 0 radical (unpaired) electrons. The van der Waals surface area contributed by atoms with Crippen LogP contribution in [0.2, 0.25) is 5.02 Å². The summed E-state index contributed by atoms with van der Waals surface area (Å²) in [5.41, 5.74) is 0. The van der Waals surface area contributed by atoms with Crippen LogP contribution in [0.25, 0.3) is 0 Å². The van der Waals surface area contributed by atoms with E-state index in [1.807, 2.05) is 0 Å². The lowest BCUT2D eigenvalue weighted by atomic mass is 10.0. The fraction of sp³-hybridized carbons (Fsp3) is 0.778. The van der Waals surface area contributed by atoms with Crippen molar-refractivity contribution in [2.45, 2.75) is 115 Å². The van der Waals surface area contributed by atoms with Crippen LogP contribution < -0.4 is 0 Å². The number of hydrogen-bond donors (Lipinski definition) is 0. The molecule has 6 heteroatoms. The largest absolute Gasteiger partial charge is 0.744 e. The predicted octanol–water partition coefficient (Wildman–Crippen LogP) is 8.20. The first-order valence-corrected chi connectivity index (χ1v) is 14.9. The molecule has 0 bridgehead atoms. The second-order valence-corrected chi connectivity index (χ2v) is 12.0. The highest BCUT2D eigenvalue weighted by Gasteiger charge is 2.05. The smallest absolute Gasteiger partial charge is 0.124 e. The molecule has 0 atom stereocenters. The Morgan fingerprint density at radius 3 is 1.30 bits per heavy atom. The first kappa shape index (κ1) is 32.4. The van der Waals surface area contributed by atoms with Gasteiger partial charge in [0.05, 0.1) is 32.6 Å². The SMILES string of the molecule is CCCCCCCCCCCCCCCCCC[N+](C)(C)C.O=S(=O)([O-])c1ccc(Cl)cc1. The quantitative estimate of drug-likeness (QED) is 0.115. The Balaban J connectivity index is 0.000000771. The third kappa shape index (κ3) is 22.9. The van der Waals surface area contributed by atoms with E-state index >= 15 is 0 Å². The minimum Gasteiger partial charge on any atom is -0.744 e. The molecule has 0 spiro atoms. The van der Waals surface area contributed by atoms with Gasteiger partial charge in [-0.05, 0) is 37.1 Å². The molecule has 0 N–H and O–H groups in total. The Bertz CT molecular complexity index is 670. The van der Waals surface area contributed by atoms with E-state index in [2.05, 4.69) is 28.1 Å². The molecule has 0 aromatic heterocycles. The summed E-state index contributed by atoms with van der Waals surface area (Å²) in [6.45, 7) is 3.63. The van der Waals surface area contributed by atoms with Crippen molar-refractivity contribution < 1.29 is 17.5 Å². The molecule has 1 rings (SSSR count). The van der Waals surface area contributed by atoms with Crippen LogP contribution in [-0.4, -0.2) is 45.1 Å². The highest BCUT2D eigenvalue weighted by Crippen LogP contribution is 2.14. The first-order chi connectivity index (χ1) is 15.6. The summed E-state index contributed by atoms with van der Waals surface area (Å²) in [6, 6.07) is 5.05. The number of rotatable bonds is 18. The molecule has 194 valence electrons. The Hall–Kier alpha value is -0.620. The van der Waals surface area contributed by atoms with Crippen LogP contribution >= 0.6 is 11.6 Å². The van der Waals surface area contributed by atoms with E-state index in [-0.39, 0.29) is 4.90 Å². The van der Waals surface area contributed by atoms with E-state index in [1.54, 1.807) is 0 Å². The van der Waals surface area contributed by atoms with Gasteiger partial charge in [0.15, 0.2) is 0 Å². The van der Waals surface area contributed by atoms with Crippen molar-refractivity contribution in [2.75, 3.05) is 27.7 Å². The van der Waals surface area contributed by atoms with Crippen molar-refractivity contribution in [2.24, 2.45) is 0 Å². The second kappa shape index (κ2) is 19.7. The Morgan fingerprint density at radius 2 is 1.00 bits per heavy atom. The van der Waals surface area contributed by atoms with Crippen LogP contribution in [0.3, 0.4) is 0 Å². The van der Waals surface area contributed by atoms with Crippen LogP contribution in [-0.2, 0) is 10.1 Å². The van der Waals surface area contributed by atoms with Gasteiger partial charge in [-0.15, -0.1) is 0 Å². The lowest BCUT2D eigenvalue weighted by molar-refractivity contribution is -0.870. The fourth-order valence-electron chi connectivity index (χ4n) is 3.74. The lowest BCUT2D eigenvalue weighted by Gasteiger charge is -2.23. The van der Waals surface area contributed by atoms with Crippen LogP contribution in [0, 0.1) is 0 Å². The van der Waals surface area contributed by atoms with Crippen LogP contribution in [0.1, 0.15) is 110 Å². The van der Waals surface area contributed by atoms with Gasteiger partial charge in [0.25, 0.3) is 0 Å². The monoisotopic (exact) mass is 503 g/mol. The molecule has 4 nitrogen and oxygen atoms in total. The summed E-state index contributed by atoms with van der Waals surface area (Å²) in [4.78, 5) is -0.262. The summed E-state index contributed by atoms with van der Waals surface area (Å²) >= 11 is 5.46. The zero-order valence-electron chi connectivity index (χ0n) is 21.8. The molecule has 0 aliphatic heterocycles. The molecule has 0 fully saturated rings. The molecule has 0 heterocycles. The van der Waals surface area contributed by atoms with Crippen molar-refractivity contribution >= 4 is 21.7 Å². The predicted molar refractivity (Wildman–Crippen MR) is 142 cm³/mol. The molecule has 33 heavy (non-hydrogen) atoms. The van der Waals surface area contributed by atoms with E-state index in [1.165, 1.54) is 134 Å². The normalized spacial score (nSPS) is 11.8. The van der Waals surface area contributed by atoms with Crippen molar-refractivity contribution in [1.82, 2.24) is 0 Å². The first-order valence-electron chi connectivity index (χ1n) is 13.1. The Morgan fingerprint density at radius 1 is 0.667 bits per heavy atom. The number of nitrogens with zero attached hydrogens (tertiary/aromatic N) is 1. The maximum Gasteiger partial charge on any atom is 0.124 e. The minimum absolute atomic E-state index is 0.262. The maximum absolute atomic E-state index is 10.3. The molecule has 0 aliphatic carbocycles. The van der Waals surface area contributed by atoms with Gasteiger partial charge in [-0.1, -0.05) is 108 Å². The summed E-state index contributed by atoms with van der Waals surface area (Å²) in [7, 11) is 2.56. The highest BCUT2D eigenvalue weighted by atomic mass is 35.5. The summed E-state index contributed by atoms with van der Waals surface area (Å²) in [5, 5.41) is 0.400. The van der Waals surface area contributed by atoms with Crippen molar-refractivity contribution in [1.29, 1.82) is 0 Å². The summed E-state index contributed by atoms with van der Waals surface area (Å²) in [6.07, 6.45) is 23.4. The molecular formula is C27H50ClNO3S. The van der Waals surface area contributed by atoms with E-state index < -0.39 is 10.1 Å². The third-order valence-electron chi connectivity index (χ3n) is 5.78. The van der Waals surface area contributed by atoms with Gasteiger partial charge in [0.2, 0.25) is 0 Å². The van der Waals surface area contributed by atoms with E-state index in [9.17, 15) is 13.0 Å². The van der Waals surface area contributed by atoms with Gasteiger partial charge < -0.3 is 9.04 Å². The lowest BCUT2D eigenvalue weighted by Crippen LogP contribution is -2.35. The number of unbranched alkanes of at least 4 members (excludes halogenated alkanes) is 15. The average Bonchev–Trinajstić information content (AvgIpc) is 2.73. The summed E-state index contributed by atoms with van der Waals surface area (Å²) < 4.78 is 32.2. The van der Waals surface area contributed by atoms with Crippen molar-refractivity contribution in [3.05, 3.63) is 29.3 Å². The van der Waals surface area contributed by atoms with Gasteiger partial charge in [-0.25, -0.2) is 8.42 Å². The third-order valence-corrected chi connectivity index (χ3v) is 6.89. The van der Waals surface area contributed by atoms with Gasteiger partial charge in [-0.3, -0.25) is 0 Å². The number of halogens is 1. The minimum atomic E-state index is -4.33. The molecule has 0 aliphatic rings. The Labute approximate surface area is 210 Å². The number of benzene rings is 1.